The van der Waals surface area contributed by atoms with Crippen molar-refractivity contribution in [3.8, 4) is 11.3 Å². The highest BCUT2D eigenvalue weighted by Gasteiger charge is 2.35. The number of sulfone groups is 1. The normalized spacial score (nSPS) is 15.2. The fraction of sp³-hybridized carbons (Fsp3) is 0.375. The van der Waals surface area contributed by atoms with Crippen molar-refractivity contribution in [3.63, 3.8) is 0 Å². The largest absolute Gasteiger partial charge is 0.351 e. The summed E-state index contributed by atoms with van der Waals surface area (Å²) in [5.74, 6) is -0.834. The Balaban J connectivity index is 2.08. The highest BCUT2D eigenvalue weighted by molar-refractivity contribution is 7.91. The van der Waals surface area contributed by atoms with Gasteiger partial charge in [0.05, 0.1) is 5.75 Å². The molecule has 1 aromatic carbocycles. The predicted octanol–water partition coefficient (Wildman–Crippen LogP) is 2.01. The number of benzene rings is 1. The van der Waals surface area contributed by atoms with Gasteiger partial charge in [0.2, 0.25) is 15.0 Å². The number of rotatable bonds is 5. The van der Waals surface area contributed by atoms with Gasteiger partial charge in [-0.3, -0.25) is 4.79 Å². The molecule has 0 atom stereocenters. The van der Waals surface area contributed by atoms with Crippen molar-refractivity contribution in [2.24, 2.45) is 0 Å². The van der Waals surface area contributed by atoms with E-state index < -0.39 is 15.7 Å². The van der Waals surface area contributed by atoms with E-state index in [-0.39, 0.29) is 34.7 Å². The number of unbranched alkanes of at least 4 members (excludes halogenated alkanes) is 1. The quantitative estimate of drug-likeness (QED) is 0.836. The number of aromatic nitrogens is 2. The smallest absolute Gasteiger partial charge is 0.270 e. The number of nitrogens with one attached hydrogen (secondary N) is 1. The first kappa shape index (κ1) is 16.6. The number of nitrogens with zero attached hydrogens (tertiary/aromatic N) is 2. The molecule has 0 radical (unpaired) electrons. The molecule has 3 rings (SSSR count). The van der Waals surface area contributed by atoms with Crippen molar-refractivity contribution < 1.29 is 17.6 Å². The molecule has 1 amide bonds. The molecular formula is C16H18FN3O3S. The van der Waals surface area contributed by atoms with Gasteiger partial charge in [-0.1, -0.05) is 13.3 Å². The lowest BCUT2D eigenvalue weighted by molar-refractivity contribution is 0.0944. The molecule has 0 spiro atoms. The summed E-state index contributed by atoms with van der Waals surface area (Å²) in [7, 11) is -3.48. The number of amides is 1. The predicted molar refractivity (Wildman–Crippen MR) is 86.9 cm³/mol. The average Bonchev–Trinajstić information content (AvgIpc) is 3.06. The Morgan fingerprint density at radius 1 is 1.33 bits per heavy atom. The van der Waals surface area contributed by atoms with Crippen LogP contribution in [0.15, 0.2) is 29.4 Å². The van der Waals surface area contributed by atoms with Crippen LogP contribution in [0.2, 0.25) is 0 Å². The van der Waals surface area contributed by atoms with E-state index in [0.717, 1.165) is 12.8 Å². The van der Waals surface area contributed by atoms with Crippen LogP contribution in [-0.4, -0.2) is 36.2 Å². The molecule has 0 saturated carbocycles. The Morgan fingerprint density at radius 3 is 2.71 bits per heavy atom. The first-order chi connectivity index (χ1) is 11.4. The third-order valence-electron chi connectivity index (χ3n) is 3.94. The number of imidazole rings is 1. The average molecular weight is 351 g/mol. The zero-order valence-electron chi connectivity index (χ0n) is 13.3. The summed E-state index contributed by atoms with van der Waals surface area (Å²) >= 11 is 0. The summed E-state index contributed by atoms with van der Waals surface area (Å²) in [5, 5.41) is 2.70. The van der Waals surface area contributed by atoms with Gasteiger partial charge >= 0.3 is 0 Å². The molecule has 0 aliphatic carbocycles. The maximum Gasteiger partial charge on any atom is 0.270 e. The van der Waals surface area contributed by atoms with Crippen molar-refractivity contribution >= 4 is 15.7 Å². The summed E-state index contributed by atoms with van der Waals surface area (Å²) in [6.07, 6.45) is 1.76. The fourth-order valence-electron chi connectivity index (χ4n) is 2.68. The molecule has 0 bridgehead atoms. The van der Waals surface area contributed by atoms with Gasteiger partial charge in [0.1, 0.15) is 17.2 Å². The number of fused-ring (bicyclic) bond motifs is 1. The van der Waals surface area contributed by atoms with Crippen LogP contribution in [0.5, 0.6) is 0 Å². The standard InChI is InChI=1S/C16H18FN3O3S/c1-2-3-8-18-15(21)14-13(11-4-6-12(17)7-5-11)19-16-20(14)9-10-24(16,22)23/h4-7H,2-3,8-10H2,1H3,(H,18,21). The molecule has 1 N–H and O–H groups in total. The Bertz CT molecular complexity index is 873. The lowest BCUT2D eigenvalue weighted by Gasteiger charge is -2.08. The number of hydrogen-bond donors (Lipinski definition) is 1. The third kappa shape index (κ3) is 2.93. The third-order valence-corrected chi connectivity index (χ3v) is 5.53. The highest BCUT2D eigenvalue weighted by atomic mass is 32.2. The molecule has 2 aromatic rings. The molecule has 1 aliphatic rings. The molecule has 2 heterocycles. The lowest BCUT2D eigenvalue weighted by Crippen LogP contribution is -2.27. The molecule has 1 aromatic heterocycles. The summed E-state index contributed by atoms with van der Waals surface area (Å²) in [5.41, 5.74) is 0.991. The monoisotopic (exact) mass is 351 g/mol. The zero-order chi connectivity index (χ0) is 17.3. The van der Waals surface area contributed by atoms with Crippen LogP contribution in [0, 0.1) is 5.82 Å². The van der Waals surface area contributed by atoms with Gasteiger partial charge in [0.15, 0.2) is 0 Å². The molecule has 6 nitrogen and oxygen atoms in total. The second kappa shape index (κ2) is 6.35. The van der Waals surface area contributed by atoms with Gasteiger partial charge in [-0.05, 0) is 30.7 Å². The molecule has 128 valence electrons. The van der Waals surface area contributed by atoms with Gasteiger partial charge in [-0.15, -0.1) is 0 Å². The van der Waals surface area contributed by atoms with E-state index in [9.17, 15) is 17.6 Å². The summed E-state index contributed by atoms with van der Waals surface area (Å²) in [6.45, 7) is 2.72. The first-order valence-electron chi connectivity index (χ1n) is 7.81. The van der Waals surface area contributed by atoms with Gasteiger partial charge in [-0.25, -0.2) is 17.8 Å². The van der Waals surface area contributed by atoms with E-state index in [1.165, 1.54) is 28.8 Å². The zero-order valence-corrected chi connectivity index (χ0v) is 14.1. The van der Waals surface area contributed by atoms with Gasteiger partial charge in [0.25, 0.3) is 5.91 Å². The summed E-state index contributed by atoms with van der Waals surface area (Å²) in [4.78, 5) is 16.8. The minimum atomic E-state index is -3.48. The second-order valence-electron chi connectivity index (χ2n) is 5.68. The molecule has 0 saturated heterocycles. The minimum Gasteiger partial charge on any atom is -0.351 e. The number of halogens is 1. The molecular weight excluding hydrogens is 333 g/mol. The highest BCUT2D eigenvalue weighted by Crippen LogP contribution is 2.30. The maximum absolute atomic E-state index is 13.2. The van der Waals surface area contributed by atoms with Gasteiger partial charge in [0, 0.05) is 18.7 Å². The van der Waals surface area contributed by atoms with Crippen molar-refractivity contribution in [2.75, 3.05) is 12.3 Å². The van der Waals surface area contributed by atoms with Crippen LogP contribution in [-0.2, 0) is 16.4 Å². The second-order valence-corrected chi connectivity index (χ2v) is 7.68. The molecule has 0 fully saturated rings. The Kier molecular flexibility index (Phi) is 4.40. The van der Waals surface area contributed by atoms with Gasteiger partial charge in [-0.2, -0.15) is 0 Å². The number of carbonyl (C=O) groups is 1. The van der Waals surface area contributed by atoms with Crippen LogP contribution >= 0.6 is 0 Å². The van der Waals surface area contributed by atoms with E-state index in [0.29, 0.717) is 12.1 Å². The Morgan fingerprint density at radius 2 is 2.04 bits per heavy atom. The molecule has 0 unspecified atom stereocenters. The van der Waals surface area contributed by atoms with E-state index in [2.05, 4.69) is 10.3 Å². The van der Waals surface area contributed by atoms with Crippen LogP contribution in [0.1, 0.15) is 30.3 Å². The molecule has 8 heteroatoms. The minimum absolute atomic E-state index is 0.0612. The van der Waals surface area contributed by atoms with Gasteiger partial charge < -0.3 is 9.88 Å². The maximum atomic E-state index is 13.2. The van der Waals surface area contributed by atoms with Crippen LogP contribution in [0.25, 0.3) is 11.3 Å². The Labute approximate surface area is 139 Å². The fourth-order valence-corrected chi connectivity index (χ4v) is 4.04. The summed E-state index contributed by atoms with van der Waals surface area (Å²) < 4.78 is 38.8. The van der Waals surface area contributed by atoms with Crippen molar-refractivity contribution in [1.29, 1.82) is 0 Å². The Hall–Kier alpha value is -2.22. The van der Waals surface area contributed by atoms with Crippen molar-refractivity contribution in [3.05, 3.63) is 35.8 Å². The summed E-state index contributed by atoms with van der Waals surface area (Å²) in [6, 6.07) is 5.49. The van der Waals surface area contributed by atoms with E-state index in [1.807, 2.05) is 6.92 Å². The van der Waals surface area contributed by atoms with E-state index >= 15 is 0 Å². The van der Waals surface area contributed by atoms with Crippen molar-refractivity contribution in [2.45, 2.75) is 31.5 Å². The lowest BCUT2D eigenvalue weighted by atomic mass is 10.1. The number of hydrogen-bond acceptors (Lipinski definition) is 4. The van der Waals surface area contributed by atoms with Crippen LogP contribution < -0.4 is 5.32 Å². The van der Waals surface area contributed by atoms with Crippen LogP contribution in [0.4, 0.5) is 4.39 Å². The van der Waals surface area contributed by atoms with E-state index in [4.69, 9.17) is 0 Å². The number of carbonyl (C=O) groups excluding carboxylic acids is 1. The van der Waals surface area contributed by atoms with E-state index in [1.54, 1.807) is 0 Å². The SMILES string of the molecule is CCCCNC(=O)c1c(-c2ccc(F)cc2)nc2n1CCS2(=O)=O. The molecule has 24 heavy (non-hydrogen) atoms. The van der Waals surface area contributed by atoms with Crippen LogP contribution in [0.3, 0.4) is 0 Å². The molecule has 1 aliphatic heterocycles. The van der Waals surface area contributed by atoms with Crippen molar-refractivity contribution in [1.82, 2.24) is 14.9 Å². The first-order valence-corrected chi connectivity index (χ1v) is 9.46. The topological polar surface area (TPSA) is 81.1 Å².